The van der Waals surface area contributed by atoms with Crippen LogP contribution in [0, 0.1) is 0 Å². The van der Waals surface area contributed by atoms with Crippen LogP contribution in [-0.2, 0) is 10.9 Å². The third-order valence-corrected chi connectivity index (χ3v) is 6.17. The lowest BCUT2D eigenvalue weighted by atomic mass is 9.97. The van der Waals surface area contributed by atoms with Gasteiger partial charge in [-0.25, -0.2) is 4.79 Å². The first-order valence-corrected chi connectivity index (χ1v) is 10.2. The summed E-state index contributed by atoms with van der Waals surface area (Å²) in [6, 6.07) is 13.0. The summed E-state index contributed by atoms with van der Waals surface area (Å²) in [6.07, 6.45) is -2.92. The first kappa shape index (κ1) is 21.4. The van der Waals surface area contributed by atoms with E-state index in [0.29, 0.717) is 24.8 Å². The molecule has 0 aromatic heterocycles. The summed E-state index contributed by atoms with van der Waals surface area (Å²) >= 11 is 0. The van der Waals surface area contributed by atoms with Crippen LogP contribution in [0.3, 0.4) is 0 Å². The van der Waals surface area contributed by atoms with Gasteiger partial charge in [0.25, 0.3) is 5.91 Å². The number of nitrogens with zero attached hydrogens (tertiary/aromatic N) is 1. The lowest BCUT2D eigenvalue weighted by Gasteiger charge is -2.37. The number of nitrogens with one attached hydrogen (secondary N) is 1. The van der Waals surface area contributed by atoms with E-state index in [2.05, 4.69) is 10.2 Å². The Morgan fingerprint density at radius 3 is 2.42 bits per heavy atom. The molecule has 4 unspecified atom stereocenters. The number of likely N-dealkylation sites (N-methyl/N-ethyl adjacent to an activating group) is 1. The van der Waals surface area contributed by atoms with Gasteiger partial charge in [-0.1, -0.05) is 24.3 Å². The van der Waals surface area contributed by atoms with Crippen molar-refractivity contribution >= 4 is 11.9 Å². The van der Waals surface area contributed by atoms with Crippen LogP contribution < -0.4 is 5.32 Å². The molecule has 0 spiro atoms. The summed E-state index contributed by atoms with van der Waals surface area (Å²) in [5, 5.41) is 2.87. The normalized spacial score (nSPS) is 25.8. The van der Waals surface area contributed by atoms with Crippen molar-refractivity contribution in [2.24, 2.45) is 0 Å². The number of amides is 1. The highest BCUT2D eigenvalue weighted by Gasteiger charge is 2.47. The van der Waals surface area contributed by atoms with Gasteiger partial charge in [-0.3, -0.25) is 9.69 Å². The van der Waals surface area contributed by atoms with Gasteiger partial charge in [0, 0.05) is 30.1 Å². The maximum absolute atomic E-state index is 12.9. The maximum atomic E-state index is 12.9. The van der Waals surface area contributed by atoms with Gasteiger partial charge in [0.1, 0.15) is 6.10 Å². The number of carbonyl (C=O) groups is 2. The molecule has 1 N–H and O–H groups in total. The fourth-order valence-corrected chi connectivity index (χ4v) is 4.55. The molecule has 2 saturated heterocycles. The first-order chi connectivity index (χ1) is 14.7. The Balaban J connectivity index is 1.41. The highest BCUT2D eigenvalue weighted by molar-refractivity contribution is 5.94. The third-order valence-electron chi connectivity index (χ3n) is 6.17. The van der Waals surface area contributed by atoms with Gasteiger partial charge >= 0.3 is 12.1 Å². The number of carbonyl (C=O) groups excluding carboxylic acids is 2. The Bertz CT molecular complexity index is 964. The van der Waals surface area contributed by atoms with E-state index in [9.17, 15) is 22.8 Å². The zero-order chi connectivity index (χ0) is 22.2. The Hall–Kier alpha value is -2.87. The third kappa shape index (κ3) is 4.58. The number of hydrogen-bond donors (Lipinski definition) is 1. The number of alkyl halides is 3. The summed E-state index contributed by atoms with van der Waals surface area (Å²) in [6.45, 7) is 0. The Morgan fingerprint density at radius 2 is 1.71 bits per heavy atom. The molecular formula is C23H23F3N2O3. The Labute approximate surface area is 178 Å². The van der Waals surface area contributed by atoms with Crippen molar-refractivity contribution in [1.82, 2.24) is 10.2 Å². The predicted molar refractivity (Wildman–Crippen MR) is 108 cm³/mol. The molecule has 0 saturated carbocycles. The van der Waals surface area contributed by atoms with Crippen molar-refractivity contribution in [1.29, 1.82) is 0 Å². The molecule has 2 bridgehead atoms. The highest BCUT2D eigenvalue weighted by Crippen LogP contribution is 2.37. The second-order valence-corrected chi connectivity index (χ2v) is 8.15. The van der Waals surface area contributed by atoms with E-state index in [1.54, 1.807) is 24.3 Å². The van der Waals surface area contributed by atoms with Gasteiger partial charge in [0.15, 0.2) is 0 Å². The molecule has 2 aliphatic rings. The number of benzene rings is 2. The van der Waals surface area contributed by atoms with Crippen LogP contribution >= 0.6 is 0 Å². The van der Waals surface area contributed by atoms with Gasteiger partial charge in [-0.2, -0.15) is 13.2 Å². The van der Waals surface area contributed by atoms with E-state index in [1.807, 2.05) is 13.1 Å². The van der Waals surface area contributed by atoms with E-state index in [-0.39, 0.29) is 35.8 Å². The average molecular weight is 432 g/mol. The van der Waals surface area contributed by atoms with E-state index in [1.165, 1.54) is 12.1 Å². The molecule has 0 aliphatic carbocycles. The van der Waals surface area contributed by atoms with Crippen molar-refractivity contribution in [3.8, 4) is 0 Å². The minimum atomic E-state index is -4.50. The molecular weight excluding hydrogens is 409 g/mol. The largest absolute Gasteiger partial charge is 0.457 e. The van der Waals surface area contributed by atoms with E-state index < -0.39 is 17.6 Å². The average Bonchev–Trinajstić information content (AvgIpc) is 2.91. The SMILES string of the molecule is CN1C2CC(NC(=O)c3cccc(C(F)(F)F)c3)CC1C(OC(=O)c1ccccc1)C2. The van der Waals surface area contributed by atoms with Gasteiger partial charge in [0.2, 0.25) is 0 Å². The zero-order valence-electron chi connectivity index (χ0n) is 16.9. The fraction of sp³-hybridized carbons (Fsp3) is 0.391. The van der Waals surface area contributed by atoms with Crippen LogP contribution in [0.1, 0.15) is 45.5 Å². The van der Waals surface area contributed by atoms with Gasteiger partial charge in [0.05, 0.1) is 11.1 Å². The lowest BCUT2D eigenvalue weighted by Crippen LogP contribution is -2.50. The molecule has 2 fully saturated rings. The number of esters is 1. The minimum absolute atomic E-state index is 0.0202. The highest BCUT2D eigenvalue weighted by atomic mass is 19.4. The molecule has 5 nitrogen and oxygen atoms in total. The molecule has 4 atom stereocenters. The maximum Gasteiger partial charge on any atom is 0.416 e. The first-order valence-electron chi connectivity index (χ1n) is 10.2. The summed E-state index contributed by atoms with van der Waals surface area (Å²) in [5.74, 6) is -0.908. The summed E-state index contributed by atoms with van der Waals surface area (Å²) < 4.78 is 44.6. The molecule has 8 heteroatoms. The molecule has 2 aromatic rings. The molecule has 2 aliphatic heterocycles. The van der Waals surface area contributed by atoms with Crippen molar-refractivity contribution in [3.63, 3.8) is 0 Å². The van der Waals surface area contributed by atoms with Crippen LogP contribution in [0.5, 0.6) is 0 Å². The number of piperidine rings is 1. The topological polar surface area (TPSA) is 58.6 Å². The van der Waals surface area contributed by atoms with E-state index in [4.69, 9.17) is 4.74 Å². The number of ether oxygens (including phenoxy) is 1. The number of fused-ring (bicyclic) bond motifs is 2. The molecule has 2 heterocycles. The van der Waals surface area contributed by atoms with Crippen molar-refractivity contribution in [3.05, 3.63) is 71.3 Å². The number of halogens is 3. The molecule has 164 valence electrons. The minimum Gasteiger partial charge on any atom is -0.457 e. The van der Waals surface area contributed by atoms with Crippen LogP contribution in [0.25, 0.3) is 0 Å². The van der Waals surface area contributed by atoms with Crippen molar-refractivity contribution in [2.75, 3.05) is 7.05 Å². The monoisotopic (exact) mass is 432 g/mol. The van der Waals surface area contributed by atoms with Crippen molar-refractivity contribution in [2.45, 2.75) is 49.7 Å². The standard InChI is InChI=1S/C23H23F3N2O3/c1-28-18-11-17(27-21(29)15-8-5-9-16(10-15)23(24,25)26)12-19(28)20(13-18)31-22(30)14-6-3-2-4-7-14/h2-10,17-20H,11-13H2,1H3,(H,27,29). The van der Waals surface area contributed by atoms with E-state index in [0.717, 1.165) is 12.1 Å². The summed E-state index contributed by atoms with van der Waals surface area (Å²) in [7, 11) is 1.97. The molecule has 0 radical (unpaired) electrons. The quantitative estimate of drug-likeness (QED) is 0.745. The van der Waals surface area contributed by atoms with Crippen LogP contribution in [0.2, 0.25) is 0 Å². The molecule has 31 heavy (non-hydrogen) atoms. The number of rotatable bonds is 4. The van der Waals surface area contributed by atoms with Crippen LogP contribution in [0.4, 0.5) is 13.2 Å². The second kappa shape index (κ2) is 8.34. The van der Waals surface area contributed by atoms with Crippen molar-refractivity contribution < 1.29 is 27.5 Å². The zero-order valence-corrected chi connectivity index (χ0v) is 16.9. The van der Waals surface area contributed by atoms with Gasteiger partial charge in [-0.05, 0) is 50.2 Å². The van der Waals surface area contributed by atoms with Crippen LogP contribution in [-0.4, -0.2) is 48.1 Å². The van der Waals surface area contributed by atoms with Crippen LogP contribution in [0.15, 0.2) is 54.6 Å². The summed E-state index contributed by atoms with van der Waals surface area (Å²) in [5.41, 5.74) is -0.384. The smallest absolute Gasteiger partial charge is 0.416 e. The molecule has 2 aromatic carbocycles. The number of hydrogen-bond acceptors (Lipinski definition) is 4. The Morgan fingerprint density at radius 1 is 1.00 bits per heavy atom. The lowest BCUT2D eigenvalue weighted by molar-refractivity contribution is -0.137. The molecule has 1 amide bonds. The Kier molecular flexibility index (Phi) is 5.75. The fourth-order valence-electron chi connectivity index (χ4n) is 4.55. The molecule has 4 rings (SSSR count). The van der Waals surface area contributed by atoms with Gasteiger partial charge in [-0.15, -0.1) is 0 Å². The summed E-state index contributed by atoms with van der Waals surface area (Å²) in [4.78, 5) is 27.2. The van der Waals surface area contributed by atoms with Gasteiger partial charge < -0.3 is 10.1 Å². The van der Waals surface area contributed by atoms with E-state index >= 15 is 0 Å². The second-order valence-electron chi connectivity index (χ2n) is 8.15. The predicted octanol–water partition coefficient (Wildman–Crippen LogP) is 3.90.